The van der Waals surface area contributed by atoms with Gasteiger partial charge in [0.2, 0.25) is 0 Å². The van der Waals surface area contributed by atoms with Crippen LogP contribution in [0.3, 0.4) is 0 Å². The van der Waals surface area contributed by atoms with Gasteiger partial charge in [0.25, 0.3) is 0 Å². The number of aliphatic hydroxyl groups excluding tert-OH is 6. The van der Waals surface area contributed by atoms with Crippen molar-refractivity contribution < 1.29 is 74.1 Å². The Kier molecular flexibility index (Phi) is 9.60. The molecule has 0 aromatic rings. The Bertz CT molecular complexity index is 1340. The molecule has 0 amide bonds. The second-order valence-electron chi connectivity index (χ2n) is 16.2. The van der Waals surface area contributed by atoms with Crippen LogP contribution in [-0.4, -0.2) is 145 Å². The zero-order valence-corrected chi connectivity index (χ0v) is 28.5. The summed E-state index contributed by atoms with van der Waals surface area (Å²) in [6, 6.07) is 0. The number of aldehydes is 1. The molecule has 3 aliphatic heterocycles. The zero-order chi connectivity index (χ0) is 36.0. The van der Waals surface area contributed by atoms with E-state index in [9.17, 15) is 50.4 Å². The highest BCUT2D eigenvalue weighted by atomic mass is 16.7. The first-order valence-electron chi connectivity index (χ1n) is 18.0. The average molecular weight is 713 g/mol. The molecule has 4 saturated carbocycles. The molecule has 8 N–H and O–H groups in total. The second kappa shape index (κ2) is 13.1. The summed E-state index contributed by atoms with van der Waals surface area (Å²) < 4.78 is 28.4. The molecule has 0 bridgehead atoms. The highest BCUT2D eigenvalue weighted by Gasteiger charge is 2.71. The summed E-state index contributed by atoms with van der Waals surface area (Å²) in [6.07, 6.45) is -8.63. The lowest BCUT2D eigenvalue weighted by molar-refractivity contribution is -0.361. The first-order valence-corrected chi connectivity index (χ1v) is 18.0. The molecular weight excluding hydrogens is 660 g/mol. The number of aliphatic hydroxyl groups is 8. The van der Waals surface area contributed by atoms with Crippen molar-refractivity contribution in [1.82, 2.24) is 0 Å². The number of hydrogen-bond donors (Lipinski definition) is 8. The van der Waals surface area contributed by atoms with Crippen molar-refractivity contribution in [3.63, 3.8) is 0 Å². The van der Waals surface area contributed by atoms with E-state index < -0.39 is 96.2 Å². The van der Waals surface area contributed by atoms with Crippen molar-refractivity contribution in [3.05, 3.63) is 11.6 Å². The van der Waals surface area contributed by atoms with E-state index in [4.69, 9.17) is 23.7 Å². The van der Waals surface area contributed by atoms with Crippen molar-refractivity contribution >= 4 is 12.3 Å². The molecule has 0 unspecified atom stereocenters. The molecule has 6 fully saturated rings. The molecule has 4 aliphatic carbocycles. The summed E-state index contributed by atoms with van der Waals surface area (Å²) in [5, 5.41) is 87.0. The SMILES string of the molecule is C[C@@H]1O[C@@H](O[C@H]2CC[C@]3(C=O)[C@H]4CC[C@]5(C)[C@@H](C6=CC(=O)OC6)CC[C@]5(O)[C@@H]4CC[C@]3(O)C2)[C@H](O)[C@H](O)[C@H]1O[C@H]1O[C@H](CO)[C@@H](O)[C@H](O)[C@H]1O. The van der Waals surface area contributed by atoms with Crippen molar-refractivity contribution in [2.45, 2.75) is 150 Å². The van der Waals surface area contributed by atoms with E-state index in [2.05, 4.69) is 6.92 Å². The average Bonchev–Trinajstić information content (AvgIpc) is 3.64. The van der Waals surface area contributed by atoms with Gasteiger partial charge in [-0.15, -0.1) is 0 Å². The second-order valence-corrected chi connectivity index (χ2v) is 16.2. The Hall–Kier alpha value is -1.60. The van der Waals surface area contributed by atoms with Gasteiger partial charge < -0.3 is 69.3 Å². The number of hydrogen-bond acceptors (Lipinski definition) is 15. The summed E-state index contributed by atoms with van der Waals surface area (Å²) in [5.74, 6) is -0.830. The van der Waals surface area contributed by atoms with Gasteiger partial charge in [-0.1, -0.05) is 6.92 Å². The van der Waals surface area contributed by atoms with E-state index in [-0.39, 0.29) is 43.2 Å². The number of rotatable bonds is 7. The third kappa shape index (κ3) is 5.37. The van der Waals surface area contributed by atoms with Gasteiger partial charge in [-0.05, 0) is 81.6 Å². The molecule has 18 atom stereocenters. The molecule has 15 heteroatoms. The maximum Gasteiger partial charge on any atom is 0.331 e. The number of fused-ring (bicyclic) bond motifs is 5. The Balaban J connectivity index is 1.02. The molecule has 7 aliphatic rings. The van der Waals surface area contributed by atoms with Gasteiger partial charge in [-0.2, -0.15) is 0 Å². The van der Waals surface area contributed by atoms with Crippen molar-refractivity contribution in [2.24, 2.45) is 28.6 Å². The molecule has 0 radical (unpaired) electrons. The first-order chi connectivity index (χ1) is 23.6. The summed E-state index contributed by atoms with van der Waals surface area (Å²) in [5.41, 5.74) is -3.20. The molecule has 0 spiro atoms. The van der Waals surface area contributed by atoms with Gasteiger partial charge in [0.15, 0.2) is 12.6 Å². The quantitative estimate of drug-likeness (QED) is 0.0858. The van der Waals surface area contributed by atoms with E-state index in [0.29, 0.717) is 38.5 Å². The van der Waals surface area contributed by atoms with E-state index >= 15 is 0 Å². The fourth-order valence-electron chi connectivity index (χ4n) is 11.3. The van der Waals surface area contributed by atoms with Crippen LogP contribution < -0.4 is 0 Å². The van der Waals surface area contributed by atoms with E-state index in [1.807, 2.05) is 0 Å². The number of esters is 1. The summed E-state index contributed by atoms with van der Waals surface area (Å²) in [4.78, 5) is 25.1. The third-order valence-electron chi connectivity index (χ3n) is 14.1. The number of carbonyl (C=O) groups excluding carboxylic acids is 2. The Morgan fingerprint density at radius 3 is 2.24 bits per heavy atom. The van der Waals surface area contributed by atoms with Crippen LogP contribution >= 0.6 is 0 Å². The van der Waals surface area contributed by atoms with Gasteiger partial charge in [0.05, 0.1) is 35.4 Å². The van der Waals surface area contributed by atoms with E-state index in [1.165, 1.54) is 0 Å². The molecule has 7 rings (SSSR count). The largest absolute Gasteiger partial charge is 0.458 e. The standard InChI is InChI=1S/C35H52O15/c1-16-29(50-31-27(42)25(40)24(39)22(13-36)49-31)26(41)28(43)30(47-16)48-18-3-8-33(15-37)20-4-7-32(2)19(17-11-23(38)46-14-17)6-10-35(32,45)21(20)5-9-34(33,44)12-18/h11,15-16,18-22,24-31,36,39-45H,3-10,12-14H2,1-2H3/t16-,18-,19+,20-,21+,22+,24+,25-,26-,27+,28+,29-,30-,31+,32+,33-,34-,35-/m0/s1. The Morgan fingerprint density at radius 1 is 0.860 bits per heavy atom. The molecule has 282 valence electrons. The number of ether oxygens (including phenoxy) is 5. The molecule has 2 saturated heterocycles. The first kappa shape index (κ1) is 36.7. The normalized spacial score (nSPS) is 55.0. The number of carbonyl (C=O) groups is 2. The highest BCUT2D eigenvalue weighted by Crippen LogP contribution is 2.70. The number of cyclic esters (lactones) is 1. The van der Waals surface area contributed by atoms with Gasteiger partial charge in [0.1, 0.15) is 55.6 Å². The topological polar surface area (TPSA) is 242 Å². The van der Waals surface area contributed by atoms with Crippen molar-refractivity contribution in [3.8, 4) is 0 Å². The molecule has 50 heavy (non-hydrogen) atoms. The van der Waals surface area contributed by atoms with Crippen LogP contribution in [-0.2, 0) is 33.3 Å². The van der Waals surface area contributed by atoms with Gasteiger partial charge in [-0.25, -0.2) is 4.79 Å². The van der Waals surface area contributed by atoms with Crippen LogP contribution in [0, 0.1) is 28.6 Å². The Labute approximate surface area is 290 Å². The van der Waals surface area contributed by atoms with Crippen LogP contribution in [0.25, 0.3) is 0 Å². The van der Waals surface area contributed by atoms with Gasteiger partial charge in [-0.3, -0.25) is 0 Å². The maximum absolute atomic E-state index is 13.2. The fourth-order valence-corrected chi connectivity index (χ4v) is 11.3. The minimum Gasteiger partial charge on any atom is -0.458 e. The van der Waals surface area contributed by atoms with Gasteiger partial charge in [0, 0.05) is 17.9 Å². The fraction of sp³-hybridized carbons (Fsp3) is 0.886. The van der Waals surface area contributed by atoms with Crippen LogP contribution in [0.15, 0.2) is 11.6 Å². The van der Waals surface area contributed by atoms with E-state index in [1.54, 1.807) is 13.0 Å². The van der Waals surface area contributed by atoms with Crippen LogP contribution in [0.2, 0.25) is 0 Å². The van der Waals surface area contributed by atoms with Crippen molar-refractivity contribution in [2.75, 3.05) is 13.2 Å². The molecule has 15 nitrogen and oxygen atoms in total. The Morgan fingerprint density at radius 2 is 1.56 bits per heavy atom. The molecule has 3 heterocycles. The summed E-state index contributed by atoms with van der Waals surface area (Å²) >= 11 is 0. The minimum atomic E-state index is -1.71. The predicted octanol–water partition coefficient (Wildman–Crippen LogP) is -1.43. The molecule has 0 aromatic carbocycles. The maximum atomic E-state index is 13.2. The van der Waals surface area contributed by atoms with Gasteiger partial charge >= 0.3 is 5.97 Å². The summed E-state index contributed by atoms with van der Waals surface area (Å²) in [7, 11) is 0. The lowest BCUT2D eigenvalue weighted by atomic mass is 9.41. The lowest BCUT2D eigenvalue weighted by Gasteiger charge is -2.65. The highest BCUT2D eigenvalue weighted by molar-refractivity contribution is 5.85. The predicted molar refractivity (Wildman–Crippen MR) is 167 cm³/mol. The molecular formula is C35H52O15. The van der Waals surface area contributed by atoms with Crippen LogP contribution in [0.1, 0.15) is 71.6 Å². The minimum absolute atomic E-state index is 0.00102. The monoisotopic (exact) mass is 712 g/mol. The van der Waals surface area contributed by atoms with E-state index in [0.717, 1.165) is 18.3 Å². The lowest BCUT2D eigenvalue weighted by Crippen LogP contribution is -2.69. The smallest absolute Gasteiger partial charge is 0.331 e. The van der Waals surface area contributed by atoms with Crippen LogP contribution in [0.5, 0.6) is 0 Å². The summed E-state index contributed by atoms with van der Waals surface area (Å²) in [6.45, 7) is 3.22. The van der Waals surface area contributed by atoms with Crippen molar-refractivity contribution in [1.29, 1.82) is 0 Å². The third-order valence-corrected chi connectivity index (χ3v) is 14.1. The zero-order valence-electron chi connectivity index (χ0n) is 28.5. The molecule has 0 aromatic heterocycles. The van der Waals surface area contributed by atoms with Crippen LogP contribution in [0.4, 0.5) is 0 Å².